The first-order valence-electron chi connectivity index (χ1n) is 3.40. The molecule has 12 heavy (non-hydrogen) atoms. The molecule has 0 aliphatic heterocycles. The Kier molecular flexibility index (Phi) is 1.82. The smallest absolute Gasteiger partial charge is 0.234 e. The molecule has 0 saturated carbocycles. The van der Waals surface area contributed by atoms with Crippen LogP contribution in [0.2, 0.25) is 0 Å². The van der Waals surface area contributed by atoms with E-state index in [-0.39, 0.29) is 6.61 Å². The van der Waals surface area contributed by atoms with Crippen molar-refractivity contribution < 1.29 is 5.11 Å². The summed E-state index contributed by atoms with van der Waals surface area (Å²) in [5.74, 6) is 0.591. The number of halogens is 1. The number of hydrogen-bond donors (Lipinski definition) is 1. The van der Waals surface area contributed by atoms with Gasteiger partial charge in [0.25, 0.3) is 0 Å². The molecule has 0 radical (unpaired) electrons. The van der Waals surface area contributed by atoms with Crippen molar-refractivity contribution in [3.63, 3.8) is 0 Å². The largest absolute Gasteiger partial charge is 0.390 e. The van der Waals surface area contributed by atoms with E-state index in [4.69, 9.17) is 5.11 Å². The zero-order valence-corrected chi connectivity index (χ0v) is 7.69. The molecule has 0 spiro atoms. The van der Waals surface area contributed by atoms with E-state index in [1.54, 1.807) is 16.7 Å². The maximum atomic E-state index is 8.79. The molecule has 0 bridgehead atoms. The van der Waals surface area contributed by atoms with Crippen molar-refractivity contribution in [2.45, 2.75) is 6.61 Å². The van der Waals surface area contributed by atoms with Gasteiger partial charge in [-0.15, -0.1) is 0 Å². The number of rotatable bonds is 1. The van der Waals surface area contributed by atoms with Gasteiger partial charge in [-0.25, -0.2) is 9.97 Å². The van der Waals surface area contributed by atoms with Crippen LogP contribution in [0, 0.1) is 0 Å². The van der Waals surface area contributed by atoms with Gasteiger partial charge in [-0.2, -0.15) is 0 Å². The Hall–Kier alpha value is -0.940. The molecule has 0 unspecified atom stereocenters. The van der Waals surface area contributed by atoms with Crippen molar-refractivity contribution in [3.8, 4) is 0 Å². The maximum absolute atomic E-state index is 8.79. The Morgan fingerprint density at radius 3 is 3.17 bits per heavy atom. The van der Waals surface area contributed by atoms with Crippen LogP contribution in [-0.2, 0) is 6.61 Å². The van der Waals surface area contributed by atoms with E-state index in [1.165, 1.54) is 0 Å². The van der Waals surface area contributed by atoms with Gasteiger partial charge in [-0.1, -0.05) is 0 Å². The monoisotopic (exact) mass is 227 g/mol. The molecule has 0 aliphatic carbocycles. The van der Waals surface area contributed by atoms with Crippen molar-refractivity contribution in [2.24, 2.45) is 0 Å². The summed E-state index contributed by atoms with van der Waals surface area (Å²) in [4.78, 5) is 8.11. The Bertz CT molecular complexity index is 412. The average molecular weight is 228 g/mol. The Labute approximate surface area is 77.0 Å². The Morgan fingerprint density at radius 2 is 2.42 bits per heavy atom. The first-order valence-corrected chi connectivity index (χ1v) is 4.20. The van der Waals surface area contributed by atoms with E-state index in [2.05, 4.69) is 25.9 Å². The van der Waals surface area contributed by atoms with E-state index >= 15 is 0 Å². The Balaban J connectivity index is 2.69. The van der Waals surface area contributed by atoms with E-state index in [1.807, 2.05) is 6.20 Å². The van der Waals surface area contributed by atoms with Gasteiger partial charge in [-0.3, -0.25) is 4.40 Å². The summed E-state index contributed by atoms with van der Waals surface area (Å²) >= 11 is 3.31. The van der Waals surface area contributed by atoms with Gasteiger partial charge in [0, 0.05) is 6.20 Å². The second-order valence-electron chi connectivity index (χ2n) is 2.33. The number of aromatic nitrogens is 3. The van der Waals surface area contributed by atoms with Crippen LogP contribution >= 0.6 is 15.9 Å². The Morgan fingerprint density at radius 1 is 1.58 bits per heavy atom. The van der Waals surface area contributed by atoms with Gasteiger partial charge in [0.2, 0.25) is 5.78 Å². The zero-order chi connectivity index (χ0) is 8.55. The minimum absolute atomic E-state index is 0.0546. The van der Waals surface area contributed by atoms with Gasteiger partial charge in [0.05, 0.1) is 18.5 Å². The van der Waals surface area contributed by atoms with Crippen molar-refractivity contribution in [1.29, 1.82) is 0 Å². The van der Waals surface area contributed by atoms with Gasteiger partial charge in [0.15, 0.2) is 0 Å². The van der Waals surface area contributed by atoms with Gasteiger partial charge >= 0.3 is 0 Å². The maximum Gasteiger partial charge on any atom is 0.234 e. The summed E-state index contributed by atoms with van der Waals surface area (Å²) in [6, 6.07) is 1.75. The SMILES string of the molecule is OCc1ccn2c(Br)cnc2n1. The molecule has 0 aliphatic rings. The fraction of sp³-hybridized carbons (Fsp3) is 0.143. The molecule has 0 saturated heterocycles. The van der Waals surface area contributed by atoms with Crippen LogP contribution in [-0.4, -0.2) is 19.5 Å². The third-order valence-corrected chi connectivity index (χ3v) is 2.14. The van der Waals surface area contributed by atoms with Crippen LogP contribution in [0.15, 0.2) is 23.1 Å². The van der Waals surface area contributed by atoms with Crippen LogP contribution in [0.4, 0.5) is 0 Å². The van der Waals surface area contributed by atoms with Crippen molar-refractivity contribution in [1.82, 2.24) is 14.4 Å². The van der Waals surface area contributed by atoms with E-state index in [9.17, 15) is 0 Å². The highest BCUT2D eigenvalue weighted by atomic mass is 79.9. The fourth-order valence-electron chi connectivity index (χ4n) is 0.966. The summed E-state index contributed by atoms with van der Waals surface area (Å²) in [6.45, 7) is -0.0546. The first-order chi connectivity index (χ1) is 5.81. The summed E-state index contributed by atoms with van der Waals surface area (Å²) in [5, 5.41) is 8.79. The highest BCUT2D eigenvalue weighted by Crippen LogP contribution is 2.11. The number of imidazole rings is 1. The lowest BCUT2D eigenvalue weighted by atomic mass is 10.4. The average Bonchev–Trinajstić information content (AvgIpc) is 2.47. The lowest BCUT2D eigenvalue weighted by molar-refractivity contribution is 0.277. The molecule has 0 fully saturated rings. The molecule has 0 atom stereocenters. The lowest BCUT2D eigenvalue weighted by Gasteiger charge is -1.96. The molecule has 2 aromatic heterocycles. The summed E-state index contributed by atoms with van der Waals surface area (Å²) in [5.41, 5.74) is 0.626. The predicted molar refractivity (Wildman–Crippen MR) is 46.6 cm³/mol. The molecule has 0 amide bonds. The van der Waals surface area contributed by atoms with Crippen LogP contribution < -0.4 is 0 Å². The molecule has 0 aromatic carbocycles. The highest BCUT2D eigenvalue weighted by Gasteiger charge is 2.01. The molecule has 1 N–H and O–H groups in total. The molecule has 2 heterocycles. The van der Waals surface area contributed by atoms with Crippen LogP contribution in [0.25, 0.3) is 5.78 Å². The normalized spacial score (nSPS) is 10.8. The fourth-order valence-corrected chi connectivity index (χ4v) is 1.35. The van der Waals surface area contributed by atoms with Crippen LogP contribution in [0.3, 0.4) is 0 Å². The first kappa shape index (κ1) is 7.70. The van der Waals surface area contributed by atoms with Crippen LogP contribution in [0.1, 0.15) is 5.69 Å². The van der Waals surface area contributed by atoms with Gasteiger partial charge in [-0.05, 0) is 22.0 Å². The summed E-state index contributed by atoms with van der Waals surface area (Å²) < 4.78 is 2.65. The van der Waals surface area contributed by atoms with Crippen LogP contribution in [0.5, 0.6) is 0 Å². The standard InChI is InChI=1S/C7H6BrN3O/c8-6-3-9-7-10-5(4-12)1-2-11(6)7/h1-3,12H,4H2. The van der Waals surface area contributed by atoms with E-state index in [0.29, 0.717) is 11.5 Å². The molecular weight excluding hydrogens is 222 g/mol. The molecule has 2 aromatic rings. The summed E-state index contributed by atoms with van der Waals surface area (Å²) in [6.07, 6.45) is 3.48. The minimum Gasteiger partial charge on any atom is -0.390 e. The molecule has 2 rings (SSSR count). The minimum atomic E-state index is -0.0546. The van der Waals surface area contributed by atoms with E-state index < -0.39 is 0 Å². The number of nitrogens with zero attached hydrogens (tertiary/aromatic N) is 3. The molecule has 5 heteroatoms. The predicted octanol–water partition coefficient (Wildman–Crippen LogP) is 0.984. The lowest BCUT2D eigenvalue weighted by Crippen LogP contribution is -1.94. The topological polar surface area (TPSA) is 50.4 Å². The van der Waals surface area contributed by atoms with E-state index in [0.717, 1.165) is 4.60 Å². The number of fused-ring (bicyclic) bond motifs is 1. The van der Waals surface area contributed by atoms with Crippen molar-refractivity contribution >= 4 is 21.7 Å². The van der Waals surface area contributed by atoms with Gasteiger partial charge < -0.3 is 5.11 Å². The highest BCUT2D eigenvalue weighted by molar-refractivity contribution is 9.10. The van der Waals surface area contributed by atoms with Crippen molar-refractivity contribution in [3.05, 3.63) is 28.8 Å². The third kappa shape index (κ3) is 1.11. The second kappa shape index (κ2) is 2.84. The number of aliphatic hydroxyl groups is 1. The summed E-state index contributed by atoms with van der Waals surface area (Å²) in [7, 11) is 0. The molecule has 4 nitrogen and oxygen atoms in total. The number of hydrogen-bond acceptors (Lipinski definition) is 3. The third-order valence-electron chi connectivity index (χ3n) is 1.55. The molecule has 62 valence electrons. The second-order valence-corrected chi connectivity index (χ2v) is 3.14. The molecular formula is C7H6BrN3O. The van der Waals surface area contributed by atoms with Gasteiger partial charge in [0.1, 0.15) is 4.60 Å². The zero-order valence-electron chi connectivity index (χ0n) is 6.11. The number of aliphatic hydroxyl groups excluding tert-OH is 1. The quantitative estimate of drug-likeness (QED) is 0.791. The van der Waals surface area contributed by atoms with Crippen molar-refractivity contribution in [2.75, 3.05) is 0 Å².